The summed E-state index contributed by atoms with van der Waals surface area (Å²) in [5.41, 5.74) is -2.52. The van der Waals surface area contributed by atoms with Crippen molar-refractivity contribution in [2.24, 2.45) is 17.3 Å². The maximum Gasteiger partial charge on any atom is 0.460 e. The first-order chi connectivity index (χ1) is 18.4. The Balaban J connectivity index is 3.57. The van der Waals surface area contributed by atoms with E-state index in [0.29, 0.717) is 0 Å². The van der Waals surface area contributed by atoms with Crippen molar-refractivity contribution in [1.29, 1.82) is 0 Å². The van der Waals surface area contributed by atoms with Gasteiger partial charge in [-0.15, -0.1) is 0 Å². The molecule has 1 saturated carbocycles. The van der Waals surface area contributed by atoms with E-state index in [1.807, 2.05) is 0 Å². The molecule has 0 aromatic carbocycles. The molecule has 0 saturated heterocycles. The van der Waals surface area contributed by atoms with Gasteiger partial charge in [0.1, 0.15) is 0 Å². The molecule has 42 heavy (non-hydrogen) atoms. The lowest BCUT2D eigenvalue weighted by Crippen LogP contribution is -2.74. The number of ether oxygens (including phenoxy) is 2. The quantitative estimate of drug-likeness (QED) is 0.123. The van der Waals surface area contributed by atoms with Crippen LogP contribution in [-0.2, 0) is 19.1 Å². The fraction of sp³-hybridized carbons (Fsp3) is 0.905. The summed E-state index contributed by atoms with van der Waals surface area (Å²) in [7, 11) is 0. The molecule has 0 heterocycles. The molecular weight excluding hydrogens is 639 g/mol. The van der Waals surface area contributed by atoms with Gasteiger partial charge in [0, 0.05) is 6.42 Å². The predicted molar refractivity (Wildman–Crippen MR) is 103 cm³/mol. The predicted octanol–water partition coefficient (Wildman–Crippen LogP) is 7.54. The van der Waals surface area contributed by atoms with Gasteiger partial charge in [0.15, 0.2) is 5.41 Å². The van der Waals surface area contributed by atoms with Crippen LogP contribution in [0.25, 0.3) is 0 Å². The summed E-state index contributed by atoms with van der Waals surface area (Å²) < 4.78 is 239. The summed E-state index contributed by atoms with van der Waals surface area (Å²) in [6, 6.07) is 0. The number of carbonyl (C=O) groups is 2. The third-order valence-electron chi connectivity index (χ3n) is 6.72. The summed E-state index contributed by atoms with van der Waals surface area (Å²) in [6.45, 7) is 2.39. The molecule has 0 radical (unpaired) electrons. The standard InChI is InChI=1S/C21H21F17O4/c1-4-41-11(39)13(12(40)42-5-2)6-9(3)10(7-13)8-14(22,23)15(24,25)16(26,27)17(28,29)18(30,31)19(32,33)20(34,35)21(36,37)38/h9-10H,4-8H2,1-3H3/t9-,10+/m1/s1. The molecule has 0 bridgehead atoms. The molecule has 1 rings (SSSR count). The number of hydrogen-bond acceptors (Lipinski definition) is 4. The Kier molecular flexibility index (Phi) is 9.92. The Morgan fingerprint density at radius 2 is 0.929 bits per heavy atom. The Morgan fingerprint density at radius 3 is 1.26 bits per heavy atom. The van der Waals surface area contributed by atoms with Crippen LogP contribution in [0.4, 0.5) is 74.6 Å². The number of halogens is 17. The Hall–Kier alpha value is -2.25. The molecule has 0 aromatic heterocycles. The summed E-state index contributed by atoms with van der Waals surface area (Å²) in [4.78, 5) is 24.8. The molecule has 0 unspecified atom stereocenters. The number of rotatable bonds is 12. The maximum atomic E-state index is 14.6. The SMILES string of the molecule is CCOC(=O)C1(C(=O)OCC)C[C@@H](CC(F)(F)C(F)(F)C(F)(F)C(F)(F)C(F)(F)C(F)(F)C(F)(F)C(F)(F)F)[C@H](C)C1. The van der Waals surface area contributed by atoms with Gasteiger partial charge in [0.25, 0.3) is 0 Å². The number of carbonyl (C=O) groups excluding carboxylic acids is 2. The molecule has 1 aliphatic carbocycles. The topological polar surface area (TPSA) is 52.6 Å². The molecule has 0 N–H and O–H groups in total. The van der Waals surface area contributed by atoms with Gasteiger partial charge < -0.3 is 9.47 Å². The smallest absolute Gasteiger partial charge is 0.460 e. The molecule has 0 aromatic rings. The summed E-state index contributed by atoms with van der Waals surface area (Å²) >= 11 is 0. The van der Waals surface area contributed by atoms with Crippen molar-refractivity contribution in [3.05, 3.63) is 0 Å². The third-order valence-corrected chi connectivity index (χ3v) is 6.72. The van der Waals surface area contributed by atoms with Crippen molar-refractivity contribution in [2.75, 3.05) is 13.2 Å². The zero-order valence-corrected chi connectivity index (χ0v) is 21.2. The lowest BCUT2D eigenvalue weighted by Gasteiger charge is -2.43. The van der Waals surface area contributed by atoms with Crippen molar-refractivity contribution < 1.29 is 93.7 Å². The number of hydrogen-bond donors (Lipinski definition) is 0. The average molecular weight is 660 g/mol. The fourth-order valence-corrected chi connectivity index (χ4v) is 4.33. The highest BCUT2D eigenvalue weighted by Gasteiger charge is 2.95. The lowest BCUT2D eigenvalue weighted by molar-refractivity contribution is -0.462. The summed E-state index contributed by atoms with van der Waals surface area (Å²) in [6.07, 6.45) is -12.6. The second kappa shape index (κ2) is 11.0. The Bertz CT molecular complexity index is 987. The molecule has 0 amide bonds. The first-order valence-corrected chi connectivity index (χ1v) is 11.5. The lowest BCUT2D eigenvalue weighted by atomic mass is 9.82. The first-order valence-electron chi connectivity index (χ1n) is 11.5. The van der Waals surface area contributed by atoms with Crippen LogP contribution in [0.3, 0.4) is 0 Å². The first kappa shape index (κ1) is 37.8. The highest BCUT2D eigenvalue weighted by Crippen LogP contribution is 2.65. The van der Waals surface area contributed by atoms with Crippen LogP contribution in [0.2, 0.25) is 0 Å². The van der Waals surface area contributed by atoms with Crippen molar-refractivity contribution in [3.63, 3.8) is 0 Å². The van der Waals surface area contributed by atoms with Gasteiger partial charge >= 0.3 is 59.6 Å². The Labute approximate surface area is 224 Å². The van der Waals surface area contributed by atoms with Crippen molar-refractivity contribution >= 4 is 11.9 Å². The average Bonchev–Trinajstić information content (AvgIpc) is 3.14. The molecule has 4 nitrogen and oxygen atoms in total. The number of alkyl halides is 17. The molecule has 0 spiro atoms. The van der Waals surface area contributed by atoms with Crippen LogP contribution in [-0.4, -0.2) is 72.8 Å². The van der Waals surface area contributed by atoms with Crippen molar-refractivity contribution in [3.8, 4) is 0 Å². The minimum Gasteiger partial charge on any atom is -0.465 e. The molecule has 0 aliphatic heterocycles. The van der Waals surface area contributed by atoms with E-state index in [1.165, 1.54) is 13.8 Å². The molecule has 1 aliphatic rings. The molecule has 248 valence electrons. The van der Waals surface area contributed by atoms with E-state index in [-0.39, 0.29) is 0 Å². The zero-order valence-electron chi connectivity index (χ0n) is 21.2. The van der Waals surface area contributed by atoms with Gasteiger partial charge in [-0.05, 0) is 38.5 Å². The Morgan fingerprint density at radius 1 is 0.595 bits per heavy atom. The van der Waals surface area contributed by atoms with Crippen LogP contribution in [0.5, 0.6) is 0 Å². The van der Waals surface area contributed by atoms with E-state index in [4.69, 9.17) is 0 Å². The van der Waals surface area contributed by atoms with Crippen LogP contribution in [0.15, 0.2) is 0 Å². The van der Waals surface area contributed by atoms with E-state index in [2.05, 4.69) is 9.47 Å². The van der Waals surface area contributed by atoms with Crippen LogP contribution in [0, 0.1) is 17.3 Å². The number of esters is 2. The minimum absolute atomic E-state index is 0.444. The van der Waals surface area contributed by atoms with Crippen LogP contribution in [0.1, 0.15) is 40.0 Å². The highest BCUT2D eigenvalue weighted by atomic mass is 19.4. The van der Waals surface area contributed by atoms with Crippen molar-refractivity contribution in [1.82, 2.24) is 0 Å². The third kappa shape index (κ3) is 5.34. The van der Waals surface area contributed by atoms with Crippen LogP contribution < -0.4 is 0 Å². The maximum absolute atomic E-state index is 14.6. The minimum atomic E-state index is -8.72. The normalized spacial score (nSPS) is 21.3. The highest BCUT2D eigenvalue weighted by molar-refractivity contribution is 6.00. The van der Waals surface area contributed by atoms with E-state index in [1.54, 1.807) is 0 Å². The van der Waals surface area contributed by atoms with Gasteiger partial charge in [-0.1, -0.05) is 6.92 Å². The second-order valence-corrected chi connectivity index (χ2v) is 9.52. The molecule has 21 heteroatoms. The van der Waals surface area contributed by atoms with Gasteiger partial charge in [-0.25, -0.2) is 0 Å². The largest absolute Gasteiger partial charge is 0.465 e. The van der Waals surface area contributed by atoms with Gasteiger partial charge in [-0.3, -0.25) is 9.59 Å². The zero-order chi connectivity index (χ0) is 33.8. The fourth-order valence-electron chi connectivity index (χ4n) is 4.33. The van der Waals surface area contributed by atoms with Gasteiger partial charge in [-0.2, -0.15) is 74.6 Å². The van der Waals surface area contributed by atoms with E-state index in [9.17, 15) is 84.2 Å². The molecule has 1 fully saturated rings. The van der Waals surface area contributed by atoms with Gasteiger partial charge in [0.2, 0.25) is 0 Å². The summed E-state index contributed by atoms with van der Waals surface area (Å²) in [5.74, 6) is -63.7. The van der Waals surface area contributed by atoms with Crippen LogP contribution >= 0.6 is 0 Å². The van der Waals surface area contributed by atoms with Gasteiger partial charge in [0.05, 0.1) is 13.2 Å². The molecular formula is C21H21F17O4. The summed E-state index contributed by atoms with van der Waals surface area (Å²) in [5, 5.41) is 0. The van der Waals surface area contributed by atoms with E-state index in [0.717, 1.165) is 6.92 Å². The van der Waals surface area contributed by atoms with E-state index >= 15 is 0 Å². The monoisotopic (exact) mass is 660 g/mol. The molecule has 2 atom stereocenters. The second-order valence-electron chi connectivity index (χ2n) is 9.52. The van der Waals surface area contributed by atoms with Crippen molar-refractivity contribution in [2.45, 2.75) is 87.7 Å². The van der Waals surface area contributed by atoms with E-state index < -0.39 is 109 Å².